The number of aromatic amines is 1. The van der Waals surface area contributed by atoms with Gasteiger partial charge in [0.2, 0.25) is 0 Å². The summed E-state index contributed by atoms with van der Waals surface area (Å²) in [5, 5.41) is 0. The standard InChI is InChI=1S/C16H23N3OS/c1-2-12-20-14-7-5-6-13-15(14)17-16(21)19(13)11-10-18-8-3-4-9-18/h5-7H,2-4,8-12H2,1H3,(H,17,21). The number of para-hydroxylation sites is 1. The molecule has 21 heavy (non-hydrogen) atoms. The molecule has 1 saturated heterocycles. The number of hydrogen-bond acceptors (Lipinski definition) is 3. The summed E-state index contributed by atoms with van der Waals surface area (Å²) in [6.45, 7) is 7.31. The quantitative estimate of drug-likeness (QED) is 0.828. The molecule has 1 N–H and O–H groups in total. The lowest BCUT2D eigenvalue weighted by atomic mass is 10.3. The second kappa shape index (κ2) is 6.62. The summed E-state index contributed by atoms with van der Waals surface area (Å²) in [4.78, 5) is 5.83. The number of aromatic nitrogens is 2. The van der Waals surface area contributed by atoms with Crippen molar-refractivity contribution in [3.63, 3.8) is 0 Å². The molecule has 4 nitrogen and oxygen atoms in total. The van der Waals surface area contributed by atoms with E-state index in [0.717, 1.165) is 47.7 Å². The molecule has 2 heterocycles. The first kappa shape index (κ1) is 14.6. The zero-order valence-electron chi connectivity index (χ0n) is 12.6. The zero-order valence-corrected chi connectivity index (χ0v) is 13.4. The van der Waals surface area contributed by atoms with E-state index in [1.807, 2.05) is 12.1 Å². The number of benzene rings is 1. The molecule has 0 aliphatic carbocycles. The highest BCUT2D eigenvalue weighted by molar-refractivity contribution is 7.71. The van der Waals surface area contributed by atoms with E-state index in [-0.39, 0.29) is 0 Å². The van der Waals surface area contributed by atoms with Gasteiger partial charge in [-0.3, -0.25) is 0 Å². The molecule has 1 aliphatic heterocycles. The SMILES string of the molecule is CCCOc1cccc2c1[nH]c(=S)n2CCN1CCCC1. The van der Waals surface area contributed by atoms with E-state index in [1.54, 1.807) is 0 Å². The smallest absolute Gasteiger partial charge is 0.178 e. The first-order valence-electron chi connectivity index (χ1n) is 7.86. The molecule has 114 valence electrons. The van der Waals surface area contributed by atoms with E-state index in [2.05, 4.69) is 27.4 Å². The van der Waals surface area contributed by atoms with E-state index in [1.165, 1.54) is 25.9 Å². The third kappa shape index (κ3) is 3.14. The minimum atomic E-state index is 0.735. The molecule has 2 aromatic rings. The lowest BCUT2D eigenvalue weighted by Crippen LogP contribution is -2.24. The molecule has 0 atom stereocenters. The van der Waals surface area contributed by atoms with E-state index < -0.39 is 0 Å². The number of likely N-dealkylation sites (tertiary alicyclic amines) is 1. The molecule has 5 heteroatoms. The van der Waals surface area contributed by atoms with Gasteiger partial charge in [-0.1, -0.05) is 13.0 Å². The Hall–Kier alpha value is -1.33. The Balaban J connectivity index is 1.84. The van der Waals surface area contributed by atoms with E-state index in [4.69, 9.17) is 17.0 Å². The van der Waals surface area contributed by atoms with Gasteiger partial charge in [0.1, 0.15) is 11.3 Å². The molecule has 1 aromatic carbocycles. The van der Waals surface area contributed by atoms with Crippen LogP contribution in [0.15, 0.2) is 18.2 Å². The van der Waals surface area contributed by atoms with Gasteiger partial charge in [0.25, 0.3) is 0 Å². The Bertz CT molecular complexity index is 655. The van der Waals surface area contributed by atoms with Gasteiger partial charge in [-0.25, -0.2) is 0 Å². The third-order valence-electron chi connectivity index (χ3n) is 4.07. The van der Waals surface area contributed by atoms with Crippen LogP contribution in [0.4, 0.5) is 0 Å². The largest absolute Gasteiger partial charge is 0.491 e. The van der Waals surface area contributed by atoms with Gasteiger partial charge in [-0.05, 0) is 56.7 Å². The maximum Gasteiger partial charge on any atom is 0.178 e. The fraction of sp³-hybridized carbons (Fsp3) is 0.562. The normalized spacial score (nSPS) is 15.9. The number of ether oxygens (including phenoxy) is 1. The predicted octanol–water partition coefficient (Wildman–Crippen LogP) is 3.58. The summed E-state index contributed by atoms with van der Waals surface area (Å²) in [6, 6.07) is 6.17. The Kier molecular flexibility index (Phi) is 4.60. The van der Waals surface area contributed by atoms with Gasteiger partial charge in [-0.2, -0.15) is 0 Å². The molecule has 1 aromatic heterocycles. The van der Waals surface area contributed by atoms with E-state index in [0.29, 0.717) is 0 Å². The summed E-state index contributed by atoms with van der Waals surface area (Å²) in [5.74, 6) is 0.903. The van der Waals surface area contributed by atoms with Crippen LogP contribution in [-0.2, 0) is 6.54 Å². The minimum Gasteiger partial charge on any atom is -0.491 e. The number of imidazole rings is 1. The lowest BCUT2D eigenvalue weighted by Gasteiger charge is -2.15. The average Bonchev–Trinajstić information content (AvgIpc) is 3.10. The highest BCUT2D eigenvalue weighted by atomic mass is 32.1. The van der Waals surface area contributed by atoms with Crippen molar-refractivity contribution in [2.75, 3.05) is 26.2 Å². The van der Waals surface area contributed by atoms with Crippen molar-refractivity contribution >= 4 is 23.3 Å². The second-order valence-corrected chi connectivity index (χ2v) is 6.02. The highest BCUT2D eigenvalue weighted by Crippen LogP contribution is 2.25. The molecule has 0 unspecified atom stereocenters. The second-order valence-electron chi connectivity index (χ2n) is 5.63. The van der Waals surface area contributed by atoms with Crippen LogP contribution in [0, 0.1) is 4.77 Å². The summed E-state index contributed by atoms with van der Waals surface area (Å²) in [7, 11) is 0. The van der Waals surface area contributed by atoms with Gasteiger partial charge in [0.05, 0.1) is 12.1 Å². The molecule has 0 amide bonds. The third-order valence-corrected chi connectivity index (χ3v) is 4.39. The molecular formula is C16H23N3OS. The lowest BCUT2D eigenvalue weighted by molar-refractivity contribution is 0.320. The minimum absolute atomic E-state index is 0.735. The van der Waals surface area contributed by atoms with Gasteiger partial charge in [0.15, 0.2) is 4.77 Å². The Morgan fingerprint density at radius 1 is 1.24 bits per heavy atom. The number of rotatable bonds is 6. The van der Waals surface area contributed by atoms with Crippen molar-refractivity contribution < 1.29 is 4.74 Å². The fourth-order valence-electron chi connectivity index (χ4n) is 2.96. The first-order chi connectivity index (χ1) is 10.3. The van der Waals surface area contributed by atoms with Crippen LogP contribution in [0.2, 0.25) is 0 Å². The summed E-state index contributed by atoms with van der Waals surface area (Å²) < 4.78 is 8.80. The summed E-state index contributed by atoms with van der Waals surface area (Å²) >= 11 is 5.50. The monoisotopic (exact) mass is 305 g/mol. The van der Waals surface area contributed by atoms with Crippen LogP contribution in [-0.4, -0.2) is 40.7 Å². The summed E-state index contributed by atoms with van der Waals surface area (Å²) in [6.07, 6.45) is 3.66. The van der Waals surface area contributed by atoms with Crippen LogP contribution >= 0.6 is 12.2 Å². The maximum atomic E-state index is 5.81. The van der Waals surface area contributed by atoms with Crippen LogP contribution in [0.1, 0.15) is 26.2 Å². The van der Waals surface area contributed by atoms with Gasteiger partial charge < -0.3 is 19.2 Å². The highest BCUT2D eigenvalue weighted by Gasteiger charge is 2.13. The topological polar surface area (TPSA) is 33.2 Å². The number of hydrogen-bond donors (Lipinski definition) is 1. The Morgan fingerprint density at radius 3 is 2.81 bits per heavy atom. The van der Waals surface area contributed by atoms with Crippen LogP contribution in [0.3, 0.4) is 0 Å². The van der Waals surface area contributed by atoms with Crippen molar-refractivity contribution in [1.82, 2.24) is 14.5 Å². The van der Waals surface area contributed by atoms with Crippen molar-refractivity contribution in [3.8, 4) is 5.75 Å². The van der Waals surface area contributed by atoms with Crippen molar-refractivity contribution in [3.05, 3.63) is 23.0 Å². The van der Waals surface area contributed by atoms with Crippen LogP contribution in [0.25, 0.3) is 11.0 Å². The number of nitrogens with zero attached hydrogens (tertiary/aromatic N) is 2. The number of fused-ring (bicyclic) bond motifs is 1. The Morgan fingerprint density at radius 2 is 2.05 bits per heavy atom. The molecule has 0 spiro atoms. The zero-order chi connectivity index (χ0) is 14.7. The Labute approximate surface area is 130 Å². The average molecular weight is 305 g/mol. The van der Waals surface area contributed by atoms with Gasteiger partial charge >= 0.3 is 0 Å². The van der Waals surface area contributed by atoms with Gasteiger partial charge in [-0.15, -0.1) is 0 Å². The van der Waals surface area contributed by atoms with E-state index >= 15 is 0 Å². The van der Waals surface area contributed by atoms with Crippen molar-refractivity contribution in [1.29, 1.82) is 0 Å². The predicted molar refractivity (Wildman–Crippen MR) is 88.6 cm³/mol. The first-order valence-corrected chi connectivity index (χ1v) is 8.27. The molecule has 0 saturated carbocycles. The molecule has 1 fully saturated rings. The van der Waals surface area contributed by atoms with E-state index in [9.17, 15) is 0 Å². The maximum absolute atomic E-state index is 5.81. The van der Waals surface area contributed by atoms with Crippen molar-refractivity contribution in [2.45, 2.75) is 32.7 Å². The fourth-order valence-corrected chi connectivity index (χ4v) is 3.25. The molecule has 1 aliphatic rings. The number of H-pyrrole nitrogens is 1. The molecular weight excluding hydrogens is 282 g/mol. The molecule has 0 bridgehead atoms. The molecule has 3 rings (SSSR count). The van der Waals surface area contributed by atoms with Crippen LogP contribution in [0.5, 0.6) is 5.75 Å². The number of nitrogens with one attached hydrogen (secondary N) is 1. The van der Waals surface area contributed by atoms with Crippen molar-refractivity contribution in [2.24, 2.45) is 0 Å². The van der Waals surface area contributed by atoms with Crippen LogP contribution < -0.4 is 4.74 Å². The van der Waals surface area contributed by atoms with Gasteiger partial charge in [0, 0.05) is 13.1 Å². The summed E-state index contributed by atoms with van der Waals surface area (Å²) in [5.41, 5.74) is 2.17. The molecule has 0 radical (unpaired) electrons.